The Labute approximate surface area is 168 Å². The number of nitrogens with zero attached hydrogens (tertiary/aromatic N) is 1. The van der Waals surface area contributed by atoms with Crippen LogP contribution in [0, 0.1) is 0 Å². The van der Waals surface area contributed by atoms with Gasteiger partial charge >= 0.3 is 5.63 Å². The number of hydrogen-bond acceptors (Lipinski definition) is 6. The summed E-state index contributed by atoms with van der Waals surface area (Å²) in [6, 6.07) is 14.0. The van der Waals surface area contributed by atoms with Crippen LogP contribution in [0.5, 0.6) is 11.5 Å². The van der Waals surface area contributed by atoms with Gasteiger partial charge in [0.1, 0.15) is 17.1 Å². The van der Waals surface area contributed by atoms with E-state index in [4.69, 9.17) is 13.9 Å². The van der Waals surface area contributed by atoms with Crippen molar-refractivity contribution in [2.75, 3.05) is 32.6 Å². The van der Waals surface area contributed by atoms with Crippen molar-refractivity contribution in [3.8, 4) is 11.5 Å². The van der Waals surface area contributed by atoms with E-state index in [1.54, 1.807) is 32.4 Å². The van der Waals surface area contributed by atoms with Crippen molar-refractivity contribution < 1.29 is 18.7 Å². The van der Waals surface area contributed by atoms with Crippen LogP contribution in [0.25, 0.3) is 11.0 Å². The van der Waals surface area contributed by atoms with Gasteiger partial charge < -0.3 is 19.2 Å². The predicted molar refractivity (Wildman–Crippen MR) is 112 cm³/mol. The summed E-state index contributed by atoms with van der Waals surface area (Å²) >= 11 is 0. The molecule has 152 valence electrons. The van der Waals surface area contributed by atoms with Crippen LogP contribution in [0.2, 0.25) is 0 Å². The second-order valence-corrected chi connectivity index (χ2v) is 6.54. The third-order valence-electron chi connectivity index (χ3n) is 4.60. The van der Waals surface area contributed by atoms with Crippen molar-refractivity contribution >= 4 is 22.6 Å². The number of methoxy groups -OCH3 is 2. The van der Waals surface area contributed by atoms with E-state index in [2.05, 4.69) is 5.32 Å². The highest BCUT2D eigenvalue weighted by Gasteiger charge is 2.14. The molecule has 0 bridgehead atoms. The first-order valence-electron chi connectivity index (χ1n) is 9.29. The van der Waals surface area contributed by atoms with E-state index in [9.17, 15) is 9.59 Å². The number of benzene rings is 2. The van der Waals surface area contributed by atoms with Gasteiger partial charge in [-0.3, -0.25) is 9.69 Å². The first-order chi connectivity index (χ1) is 14.0. The van der Waals surface area contributed by atoms with E-state index < -0.39 is 5.63 Å². The van der Waals surface area contributed by atoms with Gasteiger partial charge in [-0.1, -0.05) is 13.0 Å². The molecule has 0 unspecified atom stereocenters. The van der Waals surface area contributed by atoms with Gasteiger partial charge in [-0.15, -0.1) is 0 Å². The molecule has 1 N–H and O–H groups in total. The summed E-state index contributed by atoms with van der Waals surface area (Å²) in [4.78, 5) is 26.4. The summed E-state index contributed by atoms with van der Waals surface area (Å²) in [5.41, 5.74) is 1.50. The number of ether oxygens (including phenoxy) is 2. The maximum Gasteiger partial charge on any atom is 0.336 e. The summed E-state index contributed by atoms with van der Waals surface area (Å²) in [6.45, 7) is 3.24. The summed E-state index contributed by atoms with van der Waals surface area (Å²) in [5.74, 6) is 1.14. The minimum Gasteiger partial charge on any atom is -0.497 e. The van der Waals surface area contributed by atoms with Crippen molar-refractivity contribution in [3.63, 3.8) is 0 Å². The fourth-order valence-corrected chi connectivity index (χ4v) is 3.09. The zero-order valence-corrected chi connectivity index (χ0v) is 16.7. The van der Waals surface area contributed by atoms with E-state index in [0.717, 1.165) is 10.9 Å². The van der Waals surface area contributed by atoms with Gasteiger partial charge in [0.2, 0.25) is 5.91 Å². The summed E-state index contributed by atoms with van der Waals surface area (Å²) in [7, 11) is 3.14. The molecule has 0 atom stereocenters. The molecule has 0 radical (unpaired) electrons. The van der Waals surface area contributed by atoms with Crippen LogP contribution in [0.3, 0.4) is 0 Å². The molecule has 0 aliphatic carbocycles. The van der Waals surface area contributed by atoms with Crippen LogP contribution in [0.4, 0.5) is 5.69 Å². The van der Waals surface area contributed by atoms with E-state index >= 15 is 0 Å². The molecule has 1 heterocycles. The van der Waals surface area contributed by atoms with Crippen LogP contribution in [0.1, 0.15) is 12.5 Å². The Balaban J connectivity index is 1.75. The van der Waals surface area contributed by atoms with E-state index in [0.29, 0.717) is 35.9 Å². The first-order valence-corrected chi connectivity index (χ1v) is 9.29. The highest BCUT2D eigenvalue weighted by atomic mass is 16.5. The number of amides is 1. The van der Waals surface area contributed by atoms with Crippen molar-refractivity contribution in [3.05, 3.63) is 64.5 Å². The number of carbonyl (C=O) groups excluding carboxylic acids is 1. The zero-order valence-electron chi connectivity index (χ0n) is 16.7. The molecule has 0 fully saturated rings. The number of likely N-dealkylation sites (N-methyl/N-ethyl adjacent to an activating group) is 1. The maximum absolute atomic E-state index is 12.5. The summed E-state index contributed by atoms with van der Waals surface area (Å²) in [5, 5.41) is 3.69. The first kappa shape index (κ1) is 20.4. The molecular formula is C22H24N2O5. The van der Waals surface area contributed by atoms with E-state index in [-0.39, 0.29) is 12.5 Å². The number of hydrogen-bond donors (Lipinski definition) is 1. The average Bonchev–Trinajstić information content (AvgIpc) is 2.72. The highest BCUT2D eigenvalue weighted by Crippen LogP contribution is 2.23. The van der Waals surface area contributed by atoms with Crippen molar-refractivity contribution in [1.29, 1.82) is 0 Å². The minimum absolute atomic E-state index is 0.144. The molecule has 29 heavy (non-hydrogen) atoms. The SMILES string of the molecule is CCN(CC(=O)Nc1cccc(OC)c1)Cc1cc(=O)oc2cc(OC)ccc12. The lowest BCUT2D eigenvalue weighted by molar-refractivity contribution is -0.117. The molecule has 2 aromatic carbocycles. The average molecular weight is 396 g/mol. The number of fused-ring (bicyclic) bond motifs is 1. The third-order valence-corrected chi connectivity index (χ3v) is 4.60. The largest absolute Gasteiger partial charge is 0.497 e. The Morgan fingerprint density at radius 2 is 1.83 bits per heavy atom. The Hall–Kier alpha value is -3.32. The third kappa shape index (κ3) is 5.14. The normalized spacial score (nSPS) is 10.9. The Morgan fingerprint density at radius 3 is 2.55 bits per heavy atom. The molecule has 0 aliphatic heterocycles. The lowest BCUT2D eigenvalue weighted by Crippen LogP contribution is -2.33. The lowest BCUT2D eigenvalue weighted by atomic mass is 10.1. The van der Waals surface area contributed by atoms with Crippen molar-refractivity contribution in [2.24, 2.45) is 0 Å². The van der Waals surface area contributed by atoms with Crippen LogP contribution >= 0.6 is 0 Å². The number of carbonyl (C=O) groups is 1. The van der Waals surface area contributed by atoms with Crippen LogP contribution in [-0.2, 0) is 11.3 Å². The second-order valence-electron chi connectivity index (χ2n) is 6.54. The molecular weight excluding hydrogens is 372 g/mol. The topological polar surface area (TPSA) is 81.0 Å². The van der Waals surface area contributed by atoms with Crippen LogP contribution < -0.4 is 20.4 Å². The zero-order chi connectivity index (χ0) is 20.8. The van der Waals surface area contributed by atoms with Gasteiger partial charge in [-0.05, 0) is 36.4 Å². The van der Waals surface area contributed by atoms with Gasteiger partial charge in [0.25, 0.3) is 0 Å². The number of rotatable bonds is 8. The smallest absolute Gasteiger partial charge is 0.336 e. The van der Waals surface area contributed by atoms with Gasteiger partial charge in [0.05, 0.1) is 20.8 Å². The molecule has 3 aromatic rings. The van der Waals surface area contributed by atoms with Gasteiger partial charge in [0.15, 0.2) is 0 Å². The standard InChI is InChI=1S/C22H24N2O5/c1-4-24(14-21(25)23-16-6-5-7-17(11-16)27-2)13-15-10-22(26)29-20-12-18(28-3)8-9-19(15)20/h5-12H,4,13-14H2,1-3H3,(H,23,25). The Morgan fingerprint density at radius 1 is 1.07 bits per heavy atom. The summed E-state index contributed by atoms with van der Waals surface area (Å²) in [6.07, 6.45) is 0. The predicted octanol–water partition coefficient (Wildman–Crippen LogP) is 3.27. The van der Waals surface area contributed by atoms with Gasteiger partial charge in [-0.2, -0.15) is 0 Å². The molecule has 0 spiro atoms. The van der Waals surface area contributed by atoms with Crippen LogP contribution in [-0.4, -0.2) is 38.1 Å². The molecule has 0 saturated carbocycles. The molecule has 0 saturated heterocycles. The van der Waals surface area contributed by atoms with Crippen LogP contribution in [0.15, 0.2) is 57.7 Å². The Bertz CT molecular complexity index is 1060. The minimum atomic E-state index is -0.433. The lowest BCUT2D eigenvalue weighted by Gasteiger charge is -2.20. The van der Waals surface area contributed by atoms with E-state index in [1.165, 1.54) is 6.07 Å². The molecule has 0 aliphatic rings. The monoisotopic (exact) mass is 396 g/mol. The van der Waals surface area contributed by atoms with Gasteiger partial charge in [-0.25, -0.2) is 4.79 Å². The fourth-order valence-electron chi connectivity index (χ4n) is 3.09. The maximum atomic E-state index is 12.5. The van der Waals surface area contributed by atoms with Crippen molar-refractivity contribution in [1.82, 2.24) is 4.90 Å². The summed E-state index contributed by atoms with van der Waals surface area (Å²) < 4.78 is 15.7. The quantitative estimate of drug-likeness (QED) is 0.589. The highest BCUT2D eigenvalue weighted by molar-refractivity contribution is 5.92. The van der Waals surface area contributed by atoms with Gasteiger partial charge in [0, 0.05) is 35.8 Å². The second kappa shape index (κ2) is 9.25. The molecule has 1 aromatic heterocycles. The fraction of sp³-hybridized carbons (Fsp3) is 0.273. The molecule has 7 nitrogen and oxygen atoms in total. The molecule has 1 amide bonds. The molecule has 3 rings (SSSR count). The van der Waals surface area contributed by atoms with E-state index in [1.807, 2.05) is 36.1 Å². The van der Waals surface area contributed by atoms with Crippen molar-refractivity contribution in [2.45, 2.75) is 13.5 Å². The number of anilines is 1. The Kier molecular flexibility index (Phi) is 6.51. The molecule has 7 heteroatoms. The number of nitrogens with one attached hydrogen (secondary N) is 1.